The third-order valence-corrected chi connectivity index (χ3v) is 7.00. The molecule has 0 spiro atoms. The Morgan fingerprint density at radius 2 is 1.21 bits per heavy atom. The Bertz CT molecular complexity index is 1320. The Hall–Kier alpha value is -3.07. The first kappa shape index (κ1) is 29.5. The van der Waals surface area contributed by atoms with Crippen molar-refractivity contribution in [3.63, 3.8) is 0 Å². The minimum Gasteiger partial charge on any atom is -0.507 e. The first-order valence-corrected chi connectivity index (χ1v) is 13.6. The molecule has 0 saturated heterocycles. The maximum absolute atomic E-state index is 13.4. The minimum atomic E-state index is -0.424. The molecule has 3 heteroatoms. The summed E-state index contributed by atoms with van der Waals surface area (Å²) in [5, 5.41) is 11.8. The molecule has 0 radical (unpaired) electrons. The highest BCUT2D eigenvalue weighted by molar-refractivity contribution is 5.93. The van der Waals surface area contributed by atoms with Gasteiger partial charge in [0.25, 0.3) is 0 Å². The van der Waals surface area contributed by atoms with Crippen LogP contribution >= 0.6 is 0 Å². The van der Waals surface area contributed by atoms with E-state index >= 15 is 0 Å². The second-order valence-electron chi connectivity index (χ2n) is 14.5. The third-order valence-electron chi connectivity index (χ3n) is 7.00. The van der Waals surface area contributed by atoms with Crippen molar-refractivity contribution in [2.45, 2.75) is 105 Å². The van der Waals surface area contributed by atoms with Crippen molar-refractivity contribution in [2.24, 2.45) is 0 Å². The smallest absolute Gasteiger partial charge is 0.343 e. The Kier molecular flexibility index (Phi) is 7.69. The molecule has 0 fully saturated rings. The van der Waals surface area contributed by atoms with Crippen molar-refractivity contribution < 1.29 is 14.6 Å². The molecule has 0 aromatic heterocycles. The molecule has 3 aromatic rings. The summed E-state index contributed by atoms with van der Waals surface area (Å²) in [6.45, 7) is 25.7. The van der Waals surface area contributed by atoms with E-state index in [1.54, 1.807) is 12.1 Å². The van der Waals surface area contributed by atoms with Crippen molar-refractivity contribution in [3.05, 3.63) is 82.4 Å². The monoisotopic (exact) mass is 514 g/mol. The van der Waals surface area contributed by atoms with Gasteiger partial charge in [0.05, 0.1) is 5.56 Å². The zero-order valence-electron chi connectivity index (χ0n) is 25.5. The molecule has 3 nitrogen and oxygen atoms in total. The van der Waals surface area contributed by atoms with Gasteiger partial charge in [-0.1, -0.05) is 119 Å². The topological polar surface area (TPSA) is 46.5 Å². The van der Waals surface area contributed by atoms with Crippen LogP contribution in [0.4, 0.5) is 0 Å². The van der Waals surface area contributed by atoms with E-state index in [0.717, 1.165) is 27.8 Å². The van der Waals surface area contributed by atoms with E-state index in [9.17, 15) is 9.90 Å². The maximum Gasteiger partial charge on any atom is 0.343 e. The Morgan fingerprint density at radius 3 is 1.68 bits per heavy atom. The molecule has 0 unspecified atom stereocenters. The molecule has 0 bridgehead atoms. The van der Waals surface area contributed by atoms with Crippen LogP contribution in [-0.4, -0.2) is 11.1 Å². The van der Waals surface area contributed by atoms with Crippen LogP contribution in [0, 0.1) is 0 Å². The van der Waals surface area contributed by atoms with Gasteiger partial charge in [0.2, 0.25) is 0 Å². The molecular weight excluding hydrogens is 468 g/mol. The lowest BCUT2D eigenvalue weighted by Gasteiger charge is -2.33. The third kappa shape index (κ3) is 6.14. The molecule has 0 aliphatic rings. The summed E-state index contributed by atoms with van der Waals surface area (Å²) in [4.78, 5) is 13.4. The molecule has 38 heavy (non-hydrogen) atoms. The number of esters is 1. The fourth-order valence-electron chi connectivity index (χ4n) is 4.88. The number of ether oxygens (including phenoxy) is 1. The largest absolute Gasteiger partial charge is 0.507 e. The molecule has 3 aromatic carbocycles. The summed E-state index contributed by atoms with van der Waals surface area (Å²) in [5.74, 6) is 0.320. The van der Waals surface area contributed by atoms with Crippen LogP contribution in [-0.2, 0) is 21.7 Å². The molecule has 0 saturated carbocycles. The van der Waals surface area contributed by atoms with Gasteiger partial charge in [0, 0.05) is 16.7 Å². The maximum atomic E-state index is 13.4. The number of phenols is 1. The number of hydrogen-bond acceptors (Lipinski definition) is 3. The molecule has 0 atom stereocenters. The standard InChI is InChI=1S/C35H46O3/c1-32(2,3)23-18-19-24(25(20-23)33(4,5)6)28-27(38-31(37)22-16-14-13-15-17-22)21-26(34(7,8)9)30(36)29(28)35(10,11)12/h13-21,36H,1-12H3. The average molecular weight is 515 g/mol. The number of benzene rings is 3. The lowest BCUT2D eigenvalue weighted by molar-refractivity contribution is 0.0734. The molecular formula is C35H46O3. The van der Waals surface area contributed by atoms with Gasteiger partial charge in [-0.3, -0.25) is 0 Å². The van der Waals surface area contributed by atoms with Crippen molar-refractivity contribution in [3.8, 4) is 22.6 Å². The number of rotatable bonds is 3. The van der Waals surface area contributed by atoms with Gasteiger partial charge in [0.1, 0.15) is 11.5 Å². The molecule has 204 valence electrons. The highest BCUT2D eigenvalue weighted by Gasteiger charge is 2.35. The van der Waals surface area contributed by atoms with Gasteiger partial charge in [0.15, 0.2) is 0 Å². The Morgan fingerprint density at radius 1 is 0.658 bits per heavy atom. The van der Waals surface area contributed by atoms with Gasteiger partial charge < -0.3 is 9.84 Å². The summed E-state index contributed by atoms with van der Waals surface area (Å²) in [7, 11) is 0. The Balaban J connectivity index is 2.49. The van der Waals surface area contributed by atoms with Crippen molar-refractivity contribution >= 4 is 5.97 Å². The van der Waals surface area contributed by atoms with Gasteiger partial charge in [-0.2, -0.15) is 0 Å². The number of hydrogen-bond donors (Lipinski definition) is 1. The normalized spacial score (nSPS) is 12.9. The van der Waals surface area contributed by atoms with Crippen molar-refractivity contribution in [2.75, 3.05) is 0 Å². The van der Waals surface area contributed by atoms with Crippen LogP contribution in [0.25, 0.3) is 11.1 Å². The minimum absolute atomic E-state index is 0.0216. The molecule has 1 N–H and O–H groups in total. The van der Waals surface area contributed by atoms with Crippen LogP contribution in [0.3, 0.4) is 0 Å². The number of aromatic hydroxyl groups is 1. The molecule has 0 aliphatic carbocycles. The molecule has 0 heterocycles. The van der Waals surface area contributed by atoms with E-state index in [4.69, 9.17) is 4.74 Å². The van der Waals surface area contributed by atoms with Crippen LogP contribution in [0.5, 0.6) is 11.5 Å². The average Bonchev–Trinajstić information content (AvgIpc) is 2.77. The fraction of sp³-hybridized carbons (Fsp3) is 0.457. The van der Waals surface area contributed by atoms with E-state index in [1.807, 2.05) is 24.3 Å². The number of carbonyl (C=O) groups is 1. The van der Waals surface area contributed by atoms with Crippen molar-refractivity contribution in [1.29, 1.82) is 0 Å². The summed E-state index contributed by atoms with van der Waals surface area (Å²) in [5.41, 5.74) is 5.17. The van der Waals surface area contributed by atoms with E-state index in [1.165, 1.54) is 5.56 Å². The van der Waals surface area contributed by atoms with Crippen LogP contribution in [0.1, 0.15) is 116 Å². The molecule has 0 amide bonds. The van der Waals surface area contributed by atoms with Gasteiger partial charge >= 0.3 is 5.97 Å². The van der Waals surface area contributed by atoms with E-state index in [0.29, 0.717) is 11.3 Å². The first-order valence-electron chi connectivity index (χ1n) is 13.6. The lowest BCUT2D eigenvalue weighted by Crippen LogP contribution is -2.22. The predicted octanol–water partition coefficient (Wildman–Crippen LogP) is 9.47. The highest BCUT2D eigenvalue weighted by Crippen LogP contribution is 2.51. The number of carbonyl (C=O) groups excluding carboxylic acids is 1. The van der Waals surface area contributed by atoms with Crippen LogP contribution in [0.2, 0.25) is 0 Å². The fourth-order valence-corrected chi connectivity index (χ4v) is 4.88. The van der Waals surface area contributed by atoms with Gasteiger partial charge in [-0.25, -0.2) is 4.79 Å². The van der Waals surface area contributed by atoms with Crippen LogP contribution in [0.15, 0.2) is 54.6 Å². The quantitative estimate of drug-likeness (QED) is 0.280. The summed E-state index contributed by atoms with van der Waals surface area (Å²) in [6, 6.07) is 17.5. The second-order valence-corrected chi connectivity index (χ2v) is 14.5. The van der Waals surface area contributed by atoms with E-state index < -0.39 is 11.4 Å². The van der Waals surface area contributed by atoms with Crippen LogP contribution < -0.4 is 4.74 Å². The highest BCUT2D eigenvalue weighted by atomic mass is 16.5. The zero-order chi connectivity index (χ0) is 28.8. The lowest BCUT2D eigenvalue weighted by atomic mass is 9.72. The van der Waals surface area contributed by atoms with E-state index in [2.05, 4.69) is 101 Å². The van der Waals surface area contributed by atoms with Gasteiger partial charge in [-0.15, -0.1) is 0 Å². The molecule has 0 aliphatic heterocycles. The number of phenolic OH excluding ortho intramolecular Hbond substituents is 1. The Labute approximate surface area is 230 Å². The SMILES string of the molecule is CC(C)(C)c1ccc(-c2c(OC(=O)c3ccccc3)cc(C(C)(C)C)c(O)c2C(C)(C)C)c(C(C)(C)C)c1. The van der Waals surface area contributed by atoms with E-state index in [-0.39, 0.29) is 22.0 Å². The van der Waals surface area contributed by atoms with Gasteiger partial charge in [-0.05, 0) is 56.5 Å². The summed E-state index contributed by atoms with van der Waals surface area (Å²) < 4.78 is 6.23. The second kappa shape index (κ2) is 9.91. The first-order chi connectivity index (χ1) is 17.2. The summed E-state index contributed by atoms with van der Waals surface area (Å²) in [6.07, 6.45) is 0. The predicted molar refractivity (Wildman–Crippen MR) is 160 cm³/mol. The van der Waals surface area contributed by atoms with Crippen molar-refractivity contribution in [1.82, 2.24) is 0 Å². The summed E-state index contributed by atoms with van der Waals surface area (Å²) >= 11 is 0. The molecule has 3 rings (SSSR count). The zero-order valence-corrected chi connectivity index (χ0v) is 25.5.